The lowest BCUT2D eigenvalue weighted by molar-refractivity contribution is -0.146. The molecule has 0 aliphatic rings. The maximum atomic E-state index is 14.3. The normalized spacial score (nSPS) is 13.2. The predicted molar refractivity (Wildman–Crippen MR) is 175 cm³/mol. The number of nitrogens with zero attached hydrogens (tertiary/aromatic N) is 2. The van der Waals surface area contributed by atoms with Gasteiger partial charge in [0, 0.05) is 39.5 Å². The van der Waals surface area contributed by atoms with E-state index in [1.807, 2.05) is 98.8 Å². The minimum Gasteiger partial charge on any atom is -0.357 e. The third kappa shape index (κ3) is 7.87. The molecule has 4 rings (SSSR count). The van der Waals surface area contributed by atoms with Crippen molar-refractivity contribution in [3.8, 4) is 0 Å². The molecule has 4 aromatic carbocycles. The van der Waals surface area contributed by atoms with Crippen LogP contribution in [0.25, 0.3) is 21.5 Å². The third-order valence-corrected chi connectivity index (χ3v) is 7.90. The van der Waals surface area contributed by atoms with Crippen LogP contribution in [0.4, 0.5) is 0 Å². The van der Waals surface area contributed by atoms with Crippen LogP contribution in [0.1, 0.15) is 31.4 Å². The number of benzene rings is 4. The average molecular weight is 579 g/mol. The highest BCUT2D eigenvalue weighted by Gasteiger charge is 2.34. The van der Waals surface area contributed by atoms with E-state index in [1.54, 1.807) is 27.2 Å². The molecule has 4 aromatic rings. The Morgan fingerprint density at radius 1 is 0.814 bits per heavy atom. The molecular weight excluding hydrogens is 536 g/mol. The molecule has 0 aliphatic heterocycles. The van der Waals surface area contributed by atoms with Gasteiger partial charge in [-0.3, -0.25) is 14.4 Å². The fourth-order valence-corrected chi connectivity index (χ4v) is 5.35. The number of amides is 3. The molecule has 0 spiro atoms. The third-order valence-electron chi connectivity index (χ3n) is 7.90. The maximum absolute atomic E-state index is 14.3. The molecule has 43 heavy (non-hydrogen) atoms. The van der Waals surface area contributed by atoms with E-state index < -0.39 is 17.6 Å². The molecule has 0 saturated carbocycles. The van der Waals surface area contributed by atoms with Gasteiger partial charge in [-0.15, -0.1) is 0 Å². The van der Waals surface area contributed by atoms with Gasteiger partial charge in [-0.2, -0.15) is 0 Å². The average Bonchev–Trinajstić information content (AvgIpc) is 3.00. The lowest BCUT2D eigenvalue weighted by Gasteiger charge is -2.34. The van der Waals surface area contributed by atoms with Crippen LogP contribution in [0, 0.1) is 0 Å². The highest BCUT2D eigenvalue weighted by atomic mass is 16.2. The fourth-order valence-electron chi connectivity index (χ4n) is 5.35. The second kappa shape index (κ2) is 13.7. The van der Waals surface area contributed by atoms with Gasteiger partial charge in [0.1, 0.15) is 12.1 Å². The number of carbonyl (C=O) groups excluding carboxylic acids is 3. The summed E-state index contributed by atoms with van der Waals surface area (Å²) >= 11 is 0. The summed E-state index contributed by atoms with van der Waals surface area (Å²) in [5.74, 6) is -0.889. The standard InChI is InChI=1S/C36H42N4O3/c1-36(2,37)21-11-18-33(41)39(4)32(23-25-19-20-26-12-6-7-14-28(26)22-25)35(43)40(5)31(34(42)38-3)24-29-16-10-15-27-13-8-9-17-30(27)29/h6-20,22,31-32H,21,23-24,37H2,1-5H3,(H,38,42)/b18-11+/t31-,32-/m1/s1. The Morgan fingerprint density at radius 3 is 2.16 bits per heavy atom. The fraction of sp³-hybridized carbons (Fsp3) is 0.306. The van der Waals surface area contributed by atoms with Crippen molar-refractivity contribution in [1.82, 2.24) is 15.1 Å². The highest BCUT2D eigenvalue weighted by molar-refractivity contribution is 5.95. The number of carbonyl (C=O) groups is 3. The Kier molecular flexibility index (Phi) is 9.99. The Labute approximate surface area is 254 Å². The first kappa shape index (κ1) is 31.4. The van der Waals surface area contributed by atoms with E-state index in [0.717, 1.165) is 32.7 Å². The SMILES string of the molecule is CNC(=O)[C@@H](Cc1cccc2ccccc12)N(C)C(=O)[C@@H](Cc1ccc2ccccc2c1)N(C)C(=O)/C=C/CC(C)(C)N. The zero-order valence-corrected chi connectivity index (χ0v) is 25.7. The van der Waals surface area contributed by atoms with Crippen LogP contribution in [0.15, 0.2) is 97.1 Å². The lowest BCUT2D eigenvalue weighted by Crippen LogP contribution is -2.55. The molecule has 7 nitrogen and oxygen atoms in total. The summed E-state index contributed by atoms with van der Waals surface area (Å²) in [4.78, 5) is 43.9. The van der Waals surface area contributed by atoms with E-state index in [4.69, 9.17) is 5.73 Å². The van der Waals surface area contributed by atoms with Crippen LogP contribution in [0.5, 0.6) is 0 Å². The van der Waals surface area contributed by atoms with Gasteiger partial charge in [0.25, 0.3) is 0 Å². The Bertz CT molecular complexity index is 1630. The molecule has 7 heteroatoms. The summed E-state index contributed by atoms with van der Waals surface area (Å²) in [7, 11) is 4.85. The molecule has 0 heterocycles. The number of hydrogen-bond donors (Lipinski definition) is 2. The smallest absolute Gasteiger partial charge is 0.246 e. The van der Waals surface area contributed by atoms with Gasteiger partial charge >= 0.3 is 0 Å². The van der Waals surface area contributed by atoms with Crippen molar-refractivity contribution in [2.24, 2.45) is 5.73 Å². The number of nitrogens with two attached hydrogens (primary N) is 1. The first-order valence-corrected chi connectivity index (χ1v) is 14.6. The van der Waals surface area contributed by atoms with Crippen molar-refractivity contribution >= 4 is 39.3 Å². The zero-order chi connectivity index (χ0) is 31.1. The summed E-state index contributed by atoms with van der Waals surface area (Å²) in [6.07, 6.45) is 4.35. The van der Waals surface area contributed by atoms with Gasteiger partial charge in [0.2, 0.25) is 17.7 Å². The van der Waals surface area contributed by atoms with E-state index in [0.29, 0.717) is 19.3 Å². The van der Waals surface area contributed by atoms with Crippen LogP contribution in [-0.2, 0) is 27.2 Å². The molecule has 0 fully saturated rings. The van der Waals surface area contributed by atoms with Crippen molar-refractivity contribution in [3.63, 3.8) is 0 Å². The molecule has 0 radical (unpaired) electrons. The van der Waals surface area contributed by atoms with E-state index in [2.05, 4.69) is 5.32 Å². The van der Waals surface area contributed by atoms with Crippen LogP contribution in [0.3, 0.4) is 0 Å². The molecule has 3 N–H and O–H groups in total. The number of hydrogen-bond acceptors (Lipinski definition) is 4. The summed E-state index contributed by atoms with van der Waals surface area (Å²) in [6.45, 7) is 3.78. The number of nitrogens with one attached hydrogen (secondary N) is 1. The molecular formula is C36H42N4O3. The van der Waals surface area contributed by atoms with Gasteiger partial charge in [-0.25, -0.2) is 0 Å². The summed E-state index contributed by atoms with van der Waals surface area (Å²) < 4.78 is 0. The molecule has 0 aromatic heterocycles. The van der Waals surface area contributed by atoms with Crippen molar-refractivity contribution in [2.45, 2.75) is 50.7 Å². The van der Waals surface area contributed by atoms with Gasteiger partial charge in [0.05, 0.1) is 0 Å². The minimum atomic E-state index is -0.839. The Balaban J connectivity index is 1.67. The van der Waals surface area contributed by atoms with Crippen molar-refractivity contribution in [1.29, 1.82) is 0 Å². The first-order valence-electron chi connectivity index (χ1n) is 14.6. The van der Waals surface area contributed by atoms with Gasteiger partial charge in [0.15, 0.2) is 0 Å². The first-order chi connectivity index (χ1) is 20.5. The number of fused-ring (bicyclic) bond motifs is 2. The number of likely N-dealkylation sites (N-methyl/N-ethyl adjacent to an activating group) is 3. The van der Waals surface area contributed by atoms with Gasteiger partial charge in [-0.05, 0) is 59.0 Å². The van der Waals surface area contributed by atoms with Crippen LogP contribution < -0.4 is 11.1 Å². The number of rotatable bonds is 11. The quantitative estimate of drug-likeness (QED) is 0.249. The Morgan fingerprint density at radius 2 is 1.47 bits per heavy atom. The molecule has 0 unspecified atom stereocenters. The summed E-state index contributed by atoms with van der Waals surface area (Å²) in [5, 5.41) is 6.99. The summed E-state index contributed by atoms with van der Waals surface area (Å²) in [5.41, 5.74) is 7.52. The second-order valence-corrected chi connectivity index (χ2v) is 11.9. The van der Waals surface area contributed by atoms with Gasteiger partial charge in [-0.1, -0.05) is 91.0 Å². The Hall–Kier alpha value is -4.49. The van der Waals surface area contributed by atoms with E-state index in [1.165, 1.54) is 15.9 Å². The molecule has 2 atom stereocenters. The van der Waals surface area contributed by atoms with E-state index in [-0.39, 0.29) is 17.7 Å². The van der Waals surface area contributed by atoms with Crippen LogP contribution in [0.2, 0.25) is 0 Å². The highest BCUT2D eigenvalue weighted by Crippen LogP contribution is 2.23. The maximum Gasteiger partial charge on any atom is 0.246 e. The molecule has 224 valence electrons. The molecule has 0 saturated heterocycles. The van der Waals surface area contributed by atoms with Crippen molar-refractivity contribution < 1.29 is 14.4 Å². The summed E-state index contributed by atoms with van der Waals surface area (Å²) in [6, 6.07) is 26.4. The zero-order valence-electron chi connectivity index (χ0n) is 25.7. The van der Waals surface area contributed by atoms with Gasteiger partial charge < -0.3 is 20.9 Å². The van der Waals surface area contributed by atoms with Crippen LogP contribution in [-0.4, -0.2) is 66.3 Å². The molecule has 0 aliphatic carbocycles. The minimum absolute atomic E-state index is 0.271. The largest absolute Gasteiger partial charge is 0.357 e. The van der Waals surface area contributed by atoms with Crippen LogP contribution >= 0.6 is 0 Å². The lowest BCUT2D eigenvalue weighted by atomic mass is 9.96. The van der Waals surface area contributed by atoms with E-state index in [9.17, 15) is 14.4 Å². The van der Waals surface area contributed by atoms with Crippen molar-refractivity contribution in [2.75, 3.05) is 21.1 Å². The van der Waals surface area contributed by atoms with E-state index >= 15 is 0 Å². The second-order valence-electron chi connectivity index (χ2n) is 11.9. The predicted octanol–water partition coefficient (Wildman–Crippen LogP) is 4.86. The molecule has 3 amide bonds. The molecule has 0 bridgehead atoms. The monoisotopic (exact) mass is 578 g/mol. The topological polar surface area (TPSA) is 95.7 Å². The van der Waals surface area contributed by atoms with Crippen molar-refractivity contribution in [3.05, 3.63) is 108 Å².